The highest BCUT2D eigenvalue weighted by molar-refractivity contribution is 6.46. The summed E-state index contributed by atoms with van der Waals surface area (Å²) in [6.45, 7) is 5.29. The standard InChI is InChI=1S/C26H28N4O6/c1-16-22(29-8-4-3-5-20(29)27-16)24(32)21-23(17-6-7-18(31)19(15-17)35-2)30(26(34)25(21)33)10-9-28-11-13-36-14-12-28/h3-8,15,23,31-32H,9-14H2,1-2H3. The van der Waals surface area contributed by atoms with Crippen molar-refractivity contribution >= 4 is 23.1 Å². The van der Waals surface area contributed by atoms with Gasteiger partial charge in [0.15, 0.2) is 17.3 Å². The first-order valence-electron chi connectivity index (χ1n) is 11.8. The minimum Gasteiger partial charge on any atom is -0.505 e. The highest BCUT2D eigenvalue weighted by atomic mass is 16.5. The summed E-state index contributed by atoms with van der Waals surface area (Å²) in [6.07, 6.45) is 1.75. The maximum atomic E-state index is 13.4. The fraction of sp³-hybridized carbons (Fsp3) is 0.346. The second kappa shape index (κ2) is 9.63. The van der Waals surface area contributed by atoms with Crippen molar-refractivity contribution < 1.29 is 29.3 Å². The van der Waals surface area contributed by atoms with Gasteiger partial charge in [-0.3, -0.25) is 18.9 Å². The highest BCUT2D eigenvalue weighted by Gasteiger charge is 2.46. The number of nitrogens with zero attached hydrogens (tertiary/aromatic N) is 4. The smallest absolute Gasteiger partial charge is 0.295 e. The Morgan fingerprint density at radius 3 is 2.69 bits per heavy atom. The number of morpholine rings is 1. The van der Waals surface area contributed by atoms with Crippen LogP contribution in [0.25, 0.3) is 11.4 Å². The number of rotatable bonds is 6. The largest absolute Gasteiger partial charge is 0.505 e. The van der Waals surface area contributed by atoms with Gasteiger partial charge in [0.1, 0.15) is 11.3 Å². The zero-order chi connectivity index (χ0) is 25.4. The Balaban J connectivity index is 1.63. The monoisotopic (exact) mass is 492 g/mol. The van der Waals surface area contributed by atoms with Crippen LogP contribution in [0.2, 0.25) is 0 Å². The molecule has 3 aromatic rings. The minimum absolute atomic E-state index is 0.0246. The second-order valence-electron chi connectivity index (χ2n) is 8.85. The van der Waals surface area contributed by atoms with Gasteiger partial charge in [0.25, 0.3) is 11.7 Å². The van der Waals surface area contributed by atoms with Crippen molar-refractivity contribution in [2.45, 2.75) is 13.0 Å². The first kappa shape index (κ1) is 23.8. The Morgan fingerprint density at radius 1 is 1.17 bits per heavy atom. The van der Waals surface area contributed by atoms with Gasteiger partial charge in [-0.05, 0) is 36.8 Å². The number of carbonyl (C=O) groups excluding carboxylic acids is 2. The summed E-state index contributed by atoms with van der Waals surface area (Å²) in [7, 11) is 1.43. The van der Waals surface area contributed by atoms with E-state index in [1.54, 1.807) is 41.8 Å². The van der Waals surface area contributed by atoms with Crippen molar-refractivity contribution in [3.05, 3.63) is 65.1 Å². The van der Waals surface area contributed by atoms with E-state index in [1.165, 1.54) is 18.1 Å². The van der Waals surface area contributed by atoms with E-state index in [-0.39, 0.29) is 29.4 Å². The van der Waals surface area contributed by atoms with E-state index in [2.05, 4.69) is 9.88 Å². The number of ether oxygens (including phenoxy) is 2. The molecule has 1 amide bonds. The van der Waals surface area contributed by atoms with Gasteiger partial charge >= 0.3 is 0 Å². The molecule has 0 bridgehead atoms. The first-order valence-corrected chi connectivity index (χ1v) is 11.8. The lowest BCUT2D eigenvalue weighted by Crippen LogP contribution is -2.42. The number of pyridine rings is 1. The van der Waals surface area contributed by atoms with Gasteiger partial charge < -0.3 is 24.6 Å². The molecular formula is C26H28N4O6. The number of likely N-dealkylation sites (tertiary alicyclic amines) is 1. The highest BCUT2D eigenvalue weighted by Crippen LogP contribution is 2.42. The summed E-state index contributed by atoms with van der Waals surface area (Å²) in [4.78, 5) is 34.8. The summed E-state index contributed by atoms with van der Waals surface area (Å²) in [5.41, 5.74) is 2.01. The fourth-order valence-corrected chi connectivity index (χ4v) is 4.92. The quantitative estimate of drug-likeness (QED) is 0.305. The van der Waals surface area contributed by atoms with Gasteiger partial charge in [0.2, 0.25) is 0 Å². The molecule has 1 unspecified atom stereocenters. The lowest BCUT2D eigenvalue weighted by molar-refractivity contribution is -0.140. The molecule has 0 saturated carbocycles. The number of hydrogen-bond acceptors (Lipinski definition) is 8. The van der Waals surface area contributed by atoms with E-state index in [4.69, 9.17) is 9.47 Å². The van der Waals surface area contributed by atoms with Crippen LogP contribution in [0.1, 0.15) is 23.0 Å². The van der Waals surface area contributed by atoms with E-state index >= 15 is 0 Å². The third-order valence-electron chi connectivity index (χ3n) is 6.75. The molecule has 2 fully saturated rings. The molecule has 4 heterocycles. The zero-order valence-corrected chi connectivity index (χ0v) is 20.2. The lowest BCUT2D eigenvalue weighted by Gasteiger charge is -2.31. The van der Waals surface area contributed by atoms with Crippen molar-refractivity contribution in [1.29, 1.82) is 0 Å². The Hall–Kier alpha value is -3.89. The Labute approximate surface area is 208 Å². The van der Waals surface area contributed by atoms with Crippen LogP contribution in [0.4, 0.5) is 0 Å². The molecule has 10 nitrogen and oxygen atoms in total. The Kier molecular flexibility index (Phi) is 6.38. The number of aliphatic hydroxyl groups is 1. The second-order valence-corrected chi connectivity index (χ2v) is 8.85. The molecule has 10 heteroatoms. The van der Waals surface area contributed by atoms with Crippen LogP contribution < -0.4 is 4.74 Å². The molecule has 188 valence electrons. The van der Waals surface area contributed by atoms with Gasteiger partial charge in [0.05, 0.1) is 37.6 Å². The number of aromatic hydroxyl groups is 1. The molecule has 2 aliphatic heterocycles. The molecule has 1 aromatic carbocycles. The van der Waals surface area contributed by atoms with Gasteiger partial charge in [-0.1, -0.05) is 12.1 Å². The number of methoxy groups -OCH3 is 1. The third kappa shape index (κ3) is 4.08. The zero-order valence-electron chi connectivity index (χ0n) is 20.2. The number of Topliss-reactive ketones (excluding diaryl/α,β-unsaturated/α-hetero) is 1. The van der Waals surface area contributed by atoms with E-state index in [0.717, 1.165) is 13.1 Å². The number of hydrogen-bond donors (Lipinski definition) is 2. The van der Waals surface area contributed by atoms with Crippen LogP contribution in [-0.2, 0) is 14.3 Å². The van der Waals surface area contributed by atoms with Crippen LogP contribution in [0.15, 0.2) is 48.2 Å². The van der Waals surface area contributed by atoms with E-state index in [0.29, 0.717) is 42.4 Å². The number of aromatic nitrogens is 2. The minimum atomic E-state index is -0.866. The maximum Gasteiger partial charge on any atom is 0.295 e. The average molecular weight is 493 g/mol. The molecule has 2 aliphatic rings. The molecule has 1 atom stereocenters. The number of phenols is 1. The number of amides is 1. The number of aliphatic hydroxyl groups excluding tert-OH is 1. The van der Waals surface area contributed by atoms with Gasteiger partial charge in [0, 0.05) is 32.4 Å². The summed E-state index contributed by atoms with van der Waals surface area (Å²) in [5.74, 6) is -1.61. The molecule has 0 spiro atoms. The van der Waals surface area contributed by atoms with Crippen molar-refractivity contribution in [3.8, 4) is 11.5 Å². The predicted molar refractivity (Wildman–Crippen MR) is 131 cm³/mol. The van der Waals surface area contributed by atoms with E-state index < -0.39 is 17.7 Å². The molecular weight excluding hydrogens is 464 g/mol. The van der Waals surface area contributed by atoms with E-state index in [9.17, 15) is 19.8 Å². The number of imidazole rings is 1. The summed E-state index contributed by atoms with van der Waals surface area (Å²) >= 11 is 0. The van der Waals surface area contributed by atoms with Gasteiger partial charge in [-0.15, -0.1) is 0 Å². The summed E-state index contributed by atoms with van der Waals surface area (Å²) in [6, 6.07) is 9.23. The molecule has 36 heavy (non-hydrogen) atoms. The number of fused-ring (bicyclic) bond motifs is 1. The normalized spacial score (nSPS) is 20.4. The number of benzene rings is 1. The van der Waals surface area contributed by atoms with E-state index in [1.807, 2.05) is 6.07 Å². The van der Waals surface area contributed by atoms with Crippen LogP contribution in [0.3, 0.4) is 0 Å². The van der Waals surface area contributed by atoms with Crippen LogP contribution in [0, 0.1) is 6.92 Å². The van der Waals surface area contributed by atoms with Gasteiger partial charge in [-0.2, -0.15) is 0 Å². The molecule has 5 rings (SSSR count). The molecule has 2 saturated heterocycles. The number of aryl methyl sites for hydroxylation is 1. The maximum absolute atomic E-state index is 13.4. The van der Waals surface area contributed by atoms with Crippen molar-refractivity contribution in [2.75, 3.05) is 46.5 Å². The van der Waals surface area contributed by atoms with Crippen molar-refractivity contribution in [1.82, 2.24) is 19.2 Å². The average Bonchev–Trinajstić information content (AvgIpc) is 3.36. The molecule has 2 N–H and O–H groups in total. The Bertz CT molecular complexity index is 1360. The number of carbonyl (C=O) groups is 2. The third-order valence-corrected chi connectivity index (χ3v) is 6.75. The summed E-state index contributed by atoms with van der Waals surface area (Å²) < 4.78 is 12.4. The van der Waals surface area contributed by atoms with Crippen LogP contribution in [-0.4, -0.2) is 87.6 Å². The predicted octanol–water partition coefficient (Wildman–Crippen LogP) is 2.11. The lowest BCUT2D eigenvalue weighted by atomic mass is 9.96. The van der Waals surface area contributed by atoms with Crippen LogP contribution >= 0.6 is 0 Å². The molecule has 0 radical (unpaired) electrons. The fourth-order valence-electron chi connectivity index (χ4n) is 4.92. The topological polar surface area (TPSA) is 117 Å². The van der Waals surface area contributed by atoms with Crippen molar-refractivity contribution in [3.63, 3.8) is 0 Å². The van der Waals surface area contributed by atoms with Crippen molar-refractivity contribution in [2.24, 2.45) is 0 Å². The molecule has 2 aromatic heterocycles. The first-order chi connectivity index (χ1) is 17.4. The molecule has 0 aliphatic carbocycles. The Morgan fingerprint density at radius 2 is 1.94 bits per heavy atom. The van der Waals surface area contributed by atoms with Crippen LogP contribution in [0.5, 0.6) is 11.5 Å². The number of phenolic OH excluding ortho intramolecular Hbond substituents is 1. The van der Waals surface area contributed by atoms with Gasteiger partial charge in [-0.25, -0.2) is 4.98 Å². The SMILES string of the molecule is COc1cc(C2C(=C(O)c3c(C)nc4ccccn34)C(=O)C(=O)N2CCN2CCOCC2)ccc1O. The summed E-state index contributed by atoms with van der Waals surface area (Å²) in [5, 5.41) is 21.7. The number of ketones is 1.